The number of aromatic amines is 1. The number of carbonyl (C=O) groups is 2. The van der Waals surface area contributed by atoms with Crippen LogP contribution in [0.25, 0.3) is 0 Å². The molecule has 1 aromatic heterocycles. The van der Waals surface area contributed by atoms with Crippen LogP contribution in [0.4, 0.5) is 5.69 Å². The second-order valence-corrected chi connectivity index (χ2v) is 6.92. The van der Waals surface area contributed by atoms with Crippen molar-refractivity contribution in [1.29, 1.82) is 0 Å². The van der Waals surface area contributed by atoms with Crippen molar-refractivity contribution in [3.8, 4) is 5.75 Å². The lowest BCUT2D eigenvalue weighted by atomic mass is 9.93. The number of aryl methyl sites for hydroxylation is 1. The van der Waals surface area contributed by atoms with E-state index >= 15 is 0 Å². The van der Waals surface area contributed by atoms with Crippen LogP contribution >= 0.6 is 0 Å². The largest absolute Gasteiger partial charge is 0.492 e. The molecule has 0 spiro atoms. The van der Waals surface area contributed by atoms with Gasteiger partial charge < -0.3 is 20.4 Å². The summed E-state index contributed by atoms with van der Waals surface area (Å²) in [6.45, 7) is 1.72. The molecule has 1 fully saturated rings. The van der Waals surface area contributed by atoms with Crippen molar-refractivity contribution >= 4 is 17.4 Å². The van der Waals surface area contributed by atoms with Crippen molar-refractivity contribution in [2.45, 2.75) is 38.1 Å². The fourth-order valence-electron chi connectivity index (χ4n) is 3.64. The van der Waals surface area contributed by atoms with Gasteiger partial charge in [-0.1, -0.05) is 0 Å². The number of ketones is 1. The molecule has 1 amide bonds. The zero-order valence-electron chi connectivity index (χ0n) is 14.6. The molecule has 6 heteroatoms. The normalized spacial score (nSPS) is 19.2. The molecule has 1 atom stereocenters. The maximum atomic E-state index is 12.6. The minimum absolute atomic E-state index is 0.0434. The van der Waals surface area contributed by atoms with Gasteiger partial charge in [0.05, 0.1) is 11.1 Å². The van der Waals surface area contributed by atoms with Crippen molar-refractivity contribution in [3.63, 3.8) is 0 Å². The van der Waals surface area contributed by atoms with Crippen molar-refractivity contribution in [2.24, 2.45) is 0 Å². The number of rotatable bonds is 5. The summed E-state index contributed by atoms with van der Waals surface area (Å²) in [5.74, 6) is 0.564. The van der Waals surface area contributed by atoms with E-state index < -0.39 is 0 Å². The van der Waals surface area contributed by atoms with E-state index in [0.717, 1.165) is 37.3 Å². The third-order valence-electron chi connectivity index (χ3n) is 5.04. The zero-order chi connectivity index (χ0) is 17.9. The molecular weight excluding hydrogens is 330 g/mol. The molecule has 0 unspecified atom stereocenters. The summed E-state index contributed by atoms with van der Waals surface area (Å²) in [5.41, 5.74) is 2.53. The standard InChI is InChI=1S/C20H23N3O3/c24-18-5-1-4-17-19(18)16(11-22-17)20(25)23-13-6-8-15(9-7-13)26-12-14-3-2-10-21-14/h6-9,11,14,21-22H,1-5,10,12H2,(H,23,25)/t14-/m1/s1. The number of Topliss-reactive ketones (excluding diaryl/α,β-unsaturated/α-hetero) is 1. The second-order valence-electron chi connectivity index (χ2n) is 6.92. The molecule has 1 saturated heterocycles. The lowest BCUT2D eigenvalue weighted by molar-refractivity contribution is 0.0956. The van der Waals surface area contributed by atoms with Gasteiger partial charge in [0.2, 0.25) is 0 Å². The predicted molar refractivity (Wildman–Crippen MR) is 99.0 cm³/mol. The number of carbonyl (C=O) groups excluding carboxylic acids is 2. The third-order valence-corrected chi connectivity index (χ3v) is 5.04. The Morgan fingerprint density at radius 2 is 2.04 bits per heavy atom. The molecule has 26 heavy (non-hydrogen) atoms. The Morgan fingerprint density at radius 1 is 1.19 bits per heavy atom. The Labute approximate surface area is 152 Å². The van der Waals surface area contributed by atoms with Crippen LogP contribution in [0.2, 0.25) is 0 Å². The number of amides is 1. The van der Waals surface area contributed by atoms with Gasteiger partial charge in [-0.15, -0.1) is 0 Å². The smallest absolute Gasteiger partial charge is 0.257 e. The summed E-state index contributed by atoms with van der Waals surface area (Å²) in [6, 6.07) is 7.75. The number of hydrogen-bond donors (Lipinski definition) is 3. The Morgan fingerprint density at radius 3 is 2.81 bits per heavy atom. The van der Waals surface area contributed by atoms with Crippen molar-refractivity contribution in [3.05, 3.63) is 47.3 Å². The first kappa shape index (κ1) is 16.8. The molecule has 6 nitrogen and oxygen atoms in total. The maximum Gasteiger partial charge on any atom is 0.257 e. The van der Waals surface area contributed by atoms with Gasteiger partial charge in [-0.25, -0.2) is 0 Å². The second kappa shape index (κ2) is 7.33. The van der Waals surface area contributed by atoms with Crippen molar-refractivity contribution in [2.75, 3.05) is 18.5 Å². The van der Waals surface area contributed by atoms with Crippen LogP contribution in [0.15, 0.2) is 30.5 Å². The number of hydrogen-bond acceptors (Lipinski definition) is 4. The van der Waals surface area contributed by atoms with E-state index in [-0.39, 0.29) is 11.7 Å². The Kier molecular flexibility index (Phi) is 4.75. The first-order valence-electron chi connectivity index (χ1n) is 9.22. The highest BCUT2D eigenvalue weighted by Gasteiger charge is 2.25. The van der Waals surface area contributed by atoms with Gasteiger partial charge in [0.25, 0.3) is 5.91 Å². The number of anilines is 1. The summed E-state index contributed by atoms with van der Waals surface area (Å²) < 4.78 is 5.79. The summed E-state index contributed by atoms with van der Waals surface area (Å²) in [5, 5.41) is 6.26. The number of ether oxygens (including phenoxy) is 1. The minimum atomic E-state index is -0.262. The van der Waals surface area contributed by atoms with Gasteiger partial charge >= 0.3 is 0 Å². The molecule has 0 radical (unpaired) electrons. The molecule has 2 aliphatic rings. The number of nitrogens with one attached hydrogen (secondary N) is 3. The number of benzene rings is 1. The lowest BCUT2D eigenvalue weighted by Gasteiger charge is -2.13. The van der Waals surface area contributed by atoms with E-state index in [1.54, 1.807) is 6.20 Å². The highest BCUT2D eigenvalue weighted by molar-refractivity contribution is 6.13. The maximum absolute atomic E-state index is 12.6. The van der Waals surface area contributed by atoms with Crippen LogP contribution in [0, 0.1) is 0 Å². The topological polar surface area (TPSA) is 83.2 Å². The van der Waals surface area contributed by atoms with Crippen LogP contribution in [0.1, 0.15) is 52.1 Å². The SMILES string of the molecule is O=C(Nc1ccc(OC[C@H]2CCCN2)cc1)c1c[nH]c2c1C(=O)CCC2. The van der Waals surface area contributed by atoms with E-state index in [0.29, 0.717) is 35.9 Å². The van der Waals surface area contributed by atoms with Gasteiger partial charge in [0.15, 0.2) is 5.78 Å². The van der Waals surface area contributed by atoms with E-state index in [4.69, 9.17) is 4.74 Å². The Bertz CT molecular complexity index is 804. The fourth-order valence-corrected chi connectivity index (χ4v) is 3.64. The van der Waals surface area contributed by atoms with Gasteiger partial charge in [0.1, 0.15) is 12.4 Å². The summed E-state index contributed by atoms with van der Waals surface area (Å²) in [7, 11) is 0. The van der Waals surface area contributed by atoms with Gasteiger partial charge in [0, 0.05) is 30.0 Å². The molecule has 4 rings (SSSR count). The highest BCUT2D eigenvalue weighted by Crippen LogP contribution is 2.25. The van der Waals surface area contributed by atoms with E-state index in [9.17, 15) is 9.59 Å². The molecule has 1 aromatic carbocycles. The number of aromatic nitrogens is 1. The van der Waals surface area contributed by atoms with Crippen LogP contribution in [-0.2, 0) is 6.42 Å². The van der Waals surface area contributed by atoms with Gasteiger partial charge in [-0.2, -0.15) is 0 Å². The molecule has 1 aliphatic carbocycles. The summed E-state index contributed by atoms with van der Waals surface area (Å²) in [4.78, 5) is 27.8. The summed E-state index contributed by atoms with van der Waals surface area (Å²) in [6.07, 6.45) is 6.14. The van der Waals surface area contributed by atoms with E-state index in [1.807, 2.05) is 24.3 Å². The third kappa shape index (κ3) is 3.51. The monoisotopic (exact) mass is 353 g/mol. The van der Waals surface area contributed by atoms with Crippen molar-refractivity contribution in [1.82, 2.24) is 10.3 Å². The number of fused-ring (bicyclic) bond motifs is 1. The van der Waals surface area contributed by atoms with E-state index in [2.05, 4.69) is 15.6 Å². The first-order valence-corrected chi connectivity index (χ1v) is 9.22. The van der Waals surface area contributed by atoms with Crippen molar-refractivity contribution < 1.29 is 14.3 Å². The highest BCUT2D eigenvalue weighted by atomic mass is 16.5. The van der Waals surface area contributed by atoms with Gasteiger partial charge in [-0.3, -0.25) is 9.59 Å². The molecule has 136 valence electrons. The molecule has 0 saturated carbocycles. The van der Waals surface area contributed by atoms with Gasteiger partial charge in [-0.05, 0) is 56.5 Å². The molecule has 2 heterocycles. The fraction of sp³-hybridized carbons (Fsp3) is 0.400. The van der Waals surface area contributed by atoms with Crippen LogP contribution in [-0.4, -0.2) is 35.9 Å². The molecular formula is C20H23N3O3. The average Bonchev–Trinajstić information content (AvgIpc) is 3.31. The van der Waals surface area contributed by atoms with Crippen LogP contribution in [0.5, 0.6) is 5.75 Å². The molecule has 0 bridgehead atoms. The lowest BCUT2D eigenvalue weighted by Crippen LogP contribution is -2.28. The average molecular weight is 353 g/mol. The Hall–Kier alpha value is -2.60. The molecule has 3 N–H and O–H groups in total. The zero-order valence-corrected chi connectivity index (χ0v) is 14.6. The van der Waals surface area contributed by atoms with Crippen LogP contribution in [0.3, 0.4) is 0 Å². The predicted octanol–water partition coefficient (Wildman–Crippen LogP) is 2.92. The van der Waals surface area contributed by atoms with E-state index in [1.165, 1.54) is 6.42 Å². The van der Waals surface area contributed by atoms with Crippen LogP contribution < -0.4 is 15.4 Å². The first-order chi connectivity index (χ1) is 12.7. The quantitative estimate of drug-likeness (QED) is 0.772. The number of H-pyrrole nitrogens is 1. The Balaban J connectivity index is 1.39. The minimum Gasteiger partial charge on any atom is -0.492 e. The summed E-state index contributed by atoms with van der Waals surface area (Å²) >= 11 is 0. The molecule has 1 aliphatic heterocycles. The molecule has 2 aromatic rings.